The van der Waals surface area contributed by atoms with Gasteiger partial charge in [-0.25, -0.2) is 4.98 Å². The highest BCUT2D eigenvalue weighted by Crippen LogP contribution is 2.26. The summed E-state index contributed by atoms with van der Waals surface area (Å²) < 4.78 is 3.47. The Bertz CT molecular complexity index is 793. The van der Waals surface area contributed by atoms with Gasteiger partial charge in [-0.1, -0.05) is 11.6 Å². The predicted molar refractivity (Wildman–Crippen MR) is 86.1 cm³/mol. The van der Waals surface area contributed by atoms with Gasteiger partial charge in [0, 0.05) is 37.5 Å². The van der Waals surface area contributed by atoms with E-state index in [1.54, 1.807) is 6.07 Å². The van der Waals surface area contributed by atoms with Crippen LogP contribution in [0, 0.1) is 0 Å². The molecule has 0 aliphatic carbocycles. The van der Waals surface area contributed by atoms with Crippen LogP contribution < -0.4 is 5.32 Å². The molecule has 0 bridgehead atoms. The van der Waals surface area contributed by atoms with E-state index in [0.29, 0.717) is 16.6 Å². The first-order valence-electron chi connectivity index (χ1n) is 6.58. The monoisotopic (exact) mass is 319 g/mol. The number of amides is 1. The summed E-state index contributed by atoms with van der Waals surface area (Å²) in [6.07, 6.45) is 2.81. The van der Waals surface area contributed by atoms with Crippen LogP contribution in [0.2, 0.25) is 4.47 Å². The Morgan fingerprint density at radius 2 is 2.29 bits per heavy atom. The van der Waals surface area contributed by atoms with Gasteiger partial charge in [0.2, 0.25) is 0 Å². The number of benzene rings is 1. The zero-order chi connectivity index (χ0) is 14.8. The number of aryl methyl sites for hydroxylation is 1. The Hall–Kier alpha value is -1.85. The first-order chi connectivity index (χ1) is 10.1. The maximum atomic E-state index is 12.1. The highest BCUT2D eigenvalue weighted by molar-refractivity contribution is 7.22. The Morgan fingerprint density at radius 3 is 3.05 bits per heavy atom. The standard InChI is InChI=1S/C15H14ClN3OS/c1-19-8-2-3-11(19)6-7-17-14(20)10-4-5-12-13(9-10)21-15(16)18-12/h2-5,8-9H,6-7H2,1H3,(H,17,20). The number of hydrogen-bond acceptors (Lipinski definition) is 3. The summed E-state index contributed by atoms with van der Waals surface area (Å²) in [6.45, 7) is 0.609. The SMILES string of the molecule is Cn1cccc1CCNC(=O)c1ccc2nc(Cl)sc2c1. The maximum absolute atomic E-state index is 12.1. The van der Waals surface area contributed by atoms with Crippen LogP contribution in [0.5, 0.6) is 0 Å². The lowest BCUT2D eigenvalue weighted by atomic mass is 10.2. The number of carbonyl (C=O) groups is 1. The number of carbonyl (C=O) groups excluding carboxylic acids is 1. The largest absolute Gasteiger partial charge is 0.354 e. The quantitative estimate of drug-likeness (QED) is 0.802. The topological polar surface area (TPSA) is 46.9 Å². The number of halogens is 1. The number of thiazole rings is 1. The van der Waals surface area contributed by atoms with Gasteiger partial charge in [0.1, 0.15) is 0 Å². The number of rotatable bonds is 4. The lowest BCUT2D eigenvalue weighted by molar-refractivity contribution is 0.0954. The van der Waals surface area contributed by atoms with Crippen LogP contribution in [0.3, 0.4) is 0 Å². The Morgan fingerprint density at radius 1 is 1.43 bits per heavy atom. The summed E-state index contributed by atoms with van der Waals surface area (Å²) in [4.78, 5) is 16.3. The van der Waals surface area contributed by atoms with Crippen molar-refractivity contribution in [1.29, 1.82) is 0 Å². The molecule has 4 nitrogen and oxygen atoms in total. The van der Waals surface area contributed by atoms with Crippen molar-refractivity contribution in [2.24, 2.45) is 7.05 Å². The van der Waals surface area contributed by atoms with Gasteiger partial charge < -0.3 is 9.88 Å². The molecule has 108 valence electrons. The molecule has 1 N–H and O–H groups in total. The summed E-state index contributed by atoms with van der Waals surface area (Å²) in [5.41, 5.74) is 2.65. The molecular formula is C15H14ClN3OS. The molecule has 0 unspecified atom stereocenters. The van der Waals surface area contributed by atoms with Gasteiger partial charge in [-0.3, -0.25) is 4.79 Å². The molecule has 0 saturated carbocycles. The van der Waals surface area contributed by atoms with Crippen molar-refractivity contribution in [3.63, 3.8) is 0 Å². The molecular weight excluding hydrogens is 306 g/mol. The van der Waals surface area contributed by atoms with E-state index in [-0.39, 0.29) is 5.91 Å². The molecule has 0 atom stereocenters. The van der Waals surface area contributed by atoms with Crippen molar-refractivity contribution in [2.75, 3.05) is 6.54 Å². The van der Waals surface area contributed by atoms with E-state index in [0.717, 1.165) is 16.6 Å². The van der Waals surface area contributed by atoms with Gasteiger partial charge in [-0.2, -0.15) is 0 Å². The molecule has 1 aromatic carbocycles. The van der Waals surface area contributed by atoms with Crippen molar-refractivity contribution in [3.05, 3.63) is 52.3 Å². The van der Waals surface area contributed by atoms with Gasteiger partial charge in [0.25, 0.3) is 5.91 Å². The molecule has 0 aliphatic heterocycles. The fourth-order valence-electron chi connectivity index (χ4n) is 2.20. The van der Waals surface area contributed by atoms with E-state index >= 15 is 0 Å². The number of fused-ring (bicyclic) bond motifs is 1. The fourth-order valence-corrected chi connectivity index (χ4v) is 3.27. The van der Waals surface area contributed by atoms with Crippen LogP contribution in [0.1, 0.15) is 16.1 Å². The molecule has 21 heavy (non-hydrogen) atoms. The zero-order valence-corrected chi connectivity index (χ0v) is 13.0. The summed E-state index contributed by atoms with van der Waals surface area (Å²) in [6, 6.07) is 9.48. The predicted octanol–water partition coefficient (Wildman–Crippen LogP) is 3.26. The lowest BCUT2D eigenvalue weighted by Gasteiger charge is -2.06. The van der Waals surface area contributed by atoms with Gasteiger partial charge in [0.05, 0.1) is 10.2 Å². The van der Waals surface area contributed by atoms with Gasteiger partial charge in [0.15, 0.2) is 4.47 Å². The average Bonchev–Trinajstić information content (AvgIpc) is 3.02. The van der Waals surface area contributed by atoms with E-state index in [9.17, 15) is 4.79 Å². The minimum Gasteiger partial charge on any atom is -0.354 e. The van der Waals surface area contributed by atoms with Crippen LogP contribution >= 0.6 is 22.9 Å². The van der Waals surface area contributed by atoms with Gasteiger partial charge >= 0.3 is 0 Å². The van der Waals surface area contributed by atoms with Crippen molar-refractivity contribution >= 4 is 39.1 Å². The second-order valence-corrected chi connectivity index (χ2v) is 6.38. The molecule has 6 heteroatoms. The molecule has 0 spiro atoms. The van der Waals surface area contributed by atoms with Crippen LogP contribution in [-0.2, 0) is 13.5 Å². The summed E-state index contributed by atoms with van der Waals surface area (Å²) in [5, 5.41) is 2.93. The van der Waals surface area contributed by atoms with Crippen LogP contribution in [-0.4, -0.2) is 22.0 Å². The molecule has 0 radical (unpaired) electrons. The van der Waals surface area contributed by atoms with E-state index in [4.69, 9.17) is 11.6 Å². The van der Waals surface area contributed by atoms with Crippen molar-refractivity contribution < 1.29 is 4.79 Å². The summed E-state index contributed by atoms with van der Waals surface area (Å²) >= 11 is 7.25. The third-order valence-electron chi connectivity index (χ3n) is 3.34. The minimum absolute atomic E-state index is 0.0735. The molecule has 2 heterocycles. The van der Waals surface area contributed by atoms with E-state index in [1.165, 1.54) is 17.0 Å². The zero-order valence-electron chi connectivity index (χ0n) is 11.5. The molecule has 0 saturated heterocycles. The second-order valence-electron chi connectivity index (χ2n) is 4.77. The smallest absolute Gasteiger partial charge is 0.251 e. The highest BCUT2D eigenvalue weighted by atomic mass is 35.5. The first kappa shape index (κ1) is 14.1. The Kier molecular flexibility index (Phi) is 3.94. The third-order valence-corrected chi connectivity index (χ3v) is 4.47. The van der Waals surface area contributed by atoms with Crippen LogP contribution in [0.25, 0.3) is 10.2 Å². The average molecular weight is 320 g/mol. The summed E-state index contributed by atoms with van der Waals surface area (Å²) in [5.74, 6) is -0.0735. The van der Waals surface area contributed by atoms with Crippen molar-refractivity contribution in [3.8, 4) is 0 Å². The molecule has 0 fully saturated rings. The Balaban J connectivity index is 1.65. The normalized spacial score (nSPS) is 11.0. The fraction of sp³-hybridized carbons (Fsp3) is 0.200. The van der Waals surface area contributed by atoms with E-state index in [1.807, 2.05) is 31.4 Å². The number of hydrogen-bond donors (Lipinski definition) is 1. The number of aromatic nitrogens is 2. The minimum atomic E-state index is -0.0735. The number of nitrogens with one attached hydrogen (secondary N) is 1. The molecule has 0 aliphatic rings. The molecule has 1 amide bonds. The maximum Gasteiger partial charge on any atom is 0.251 e. The van der Waals surface area contributed by atoms with E-state index in [2.05, 4.69) is 20.9 Å². The Labute approximate surface area is 131 Å². The molecule has 3 rings (SSSR count). The first-order valence-corrected chi connectivity index (χ1v) is 7.77. The van der Waals surface area contributed by atoms with Gasteiger partial charge in [-0.15, -0.1) is 11.3 Å². The second kappa shape index (κ2) is 5.87. The summed E-state index contributed by atoms with van der Waals surface area (Å²) in [7, 11) is 2.00. The van der Waals surface area contributed by atoms with E-state index < -0.39 is 0 Å². The van der Waals surface area contributed by atoms with Crippen LogP contribution in [0.15, 0.2) is 36.5 Å². The van der Waals surface area contributed by atoms with Crippen molar-refractivity contribution in [1.82, 2.24) is 14.9 Å². The highest BCUT2D eigenvalue weighted by Gasteiger charge is 2.09. The number of nitrogens with zero attached hydrogens (tertiary/aromatic N) is 2. The van der Waals surface area contributed by atoms with Crippen molar-refractivity contribution in [2.45, 2.75) is 6.42 Å². The molecule has 2 aromatic heterocycles. The third kappa shape index (κ3) is 3.09. The molecule has 3 aromatic rings. The lowest BCUT2D eigenvalue weighted by Crippen LogP contribution is -2.26. The van der Waals surface area contributed by atoms with Gasteiger partial charge in [-0.05, 0) is 30.3 Å². The van der Waals surface area contributed by atoms with Crippen LogP contribution in [0.4, 0.5) is 0 Å².